The summed E-state index contributed by atoms with van der Waals surface area (Å²) in [6.07, 6.45) is 4.20. The highest BCUT2D eigenvalue weighted by atomic mass is 16.5. The first-order valence-corrected chi connectivity index (χ1v) is 15.9. The molecular weight excluding hydrogens is 552 g/mol. The van der Waals surface area contributed by atoms with Gasteiger partial charge >= 0.3 is 5.97 Å². The molecule has 4 aliphatic rings. The Balaban J connectivity index is 0.000000143. The standard InChI is InChI=1S/C17H20N2O.C13H20O3.C6H8N2/c1-16(2)12-9-10-17(16,3)14-13(12)15(20)19(18-14)11-7-5-4-6-8-11;1-5-16-11(15)9-8-6-7-13(4,10(9)14)12(8,2)3;7-8-6-4-2-1-3-5-6/h4-8,12,18H,9-10H2,1-3H3;8-9H,5-7H2,1-4H3;1-5,8H,7H2/t12-,17+;8-,9?,13+;/m11./s1. The number of nitrogens with two attached hydrogens (primary N) is 1. The Labute approximate surface area is 260 Å². The van der Waals surface area contributed by atoms with Crippen LogP contribution >= 0.6 is 0 Å². The molecule has 0 radical (unpaired) electrons. The van der Waals surface area contributed by atoms with Crippen molar-refractivity contribution >= 4 is 17.4 Å². The molecule has 7 rings (SSSR count). The largest absolute Gasteiger partial charge is 0.465 e. The Morgan fingerprint density at radius 2 is 1.50 bits per heavy atom. The van der Waals surface area contributed by atoms with E-state index < -0.39 is 5.92 Å². The lowest BCUT2D eigenvalue weighted by Gasteiger charge is -2.34. The number of Topliss-reactive ketones (excluding diaryl/α,β-unsaturated/α-hetero) is 1. The van der Waals surface area contributed by atoms with Crippen LogP contribution in [0.25, 0.3) is 5.69 Å². The van der Waals surface area contributed by atoms with E-state index in [0.717, 1.165) is 36.2 Å². The van der Waals surface area contributed by atoms with Gasteiger partial charge in [-0.15, -0.1) is 0 Å². The van der Waals surface area contributed by atoms with E-state index >= 15 is 0 Å². The van der Waals surface area contributed by atoms with Crippen molar-refractivity contribution in [2.75, 3.05) is 12.0 Å². The van der Waals surface area contributed by atoms with Crippen molar-refractivity contribution in [2.45, 2.75) is 85.5 Å². The summed E-state index contributed by atoms with van der Waals surface area (Å²) >= 11 is 0. The summed E-state index contributed by atoms with van der Waals surface area (Å²) in [6.45, 7) is 15.3. The minimum Gasteiger partial charge on any atom is -0.465 e. The van der Waals surface area contributed by atoms with E-state index in [4.69, 9.17) is 10.6 Å². The lowest BCUT2D eigenvalue weighted by molar-refractivity contribution is -0.154. The van der Waals surface area contributed by atoms with Crippen LogP contribution in [0.1, 0.15) is 91.3 Å². The molecule has 3 aromatic rings. The molecule has 0 spiro atoms. The highest BCUT2D eigenvalue weighted by molar-refractivity contribution is 6.05. The predicted octanol–water partition coefficient (Wildman–Crippen LogP) is 6.50. The summed E-state index contributed by atoms with van der Waals surface area (Å²) in [7, 11) is 0. The number of carbonyl (C=O) groups is 2. The molecule has 3 fully saturated rings. The number of esters is 1. The number of hydrogen-bond acceptors (Lipinski definition) is 6. The van der Waals surface area contributed by atoms with Crippen LogP contribution in [0.15, 0.2) is 65.5 Å². The number of benzene rings is 2. The number of aromatic nitrogens is 2. The Kier molecular flexibility index (Phi) is 8.21. The molecule has 0 saturated heterocycles. The van der Waals surface area contributed by atoms with Gasteiger partial charge in [-0.2, -0.15) is 0 Å². The molecule has 4 aliphatic carbocycles. The monoisotopic (exact) mass is 600 g/mol. The summed E-state index contributed by atoms with van der Waals surface area (Å²) in [5.74, 6) is 4.96. The molecule has 4 bridgehead atoms. The Bertz CT molecular complexity index is 1570. The molecule has 0 aliphatic heterocycles. The average molecular weight is 601 g/mol. The second-order valence-corrected chi connectivity index (χ2v) is 14.3. The number of carbonyl (C=O) groups excluding carboxylic acids is 2. The zero-order valence-corrected chi connectivity index (χ0v) is 27.2. The van der Waals surface area contributed by atoms with Gasteiger partial charge in [-0.25, -0.2) is 4.68 Å². The van der Waals surface area contributed by atoms with Gasteiger partial charge in [0.2, 0.25) is 0 Å². The number of nitrogens with one attached hydrogen (secondary N) is 2. The normalized spacial score (nSPS) is 29.6. The summed E-state index contributed by atoms with van der Waals surface area (Å²) in [4.78, 5) is 37.0. The zero-order chi connectivity index (χ0) is 32.1. The van der Waals surface area contributed by atoms with E-state index in [9.17, 15) is 14.4 Å². The van der Waals surface area contributed by atoms with Gasteiger partial charge in [0.05, 0.1) is 12.3 Å². The first-order chi connectivity index (χ1) is 20.8. The van der Waals surface area contributed by atoms with Gasteiger partial charge in [0.15, 0.2) is 5.78 Å². The maximum atomic E-state index is 12.8. The number of para-hydroxylation sites is 2. The highest BCUT2D eigenvalue weighted by Gasteiger charge is 2.68. The maximum absolute atomic E-state index is 12.8. The first-order valence-electron chi connectivity index (χ1n) is 15.9. The van der Waals surface area contributed by atoms with E-state index in [2.05, 4.69) is 45.1 Å². The third kappa shape index (κ3) is 4.64. The molecule has 5 atom stereocenters. The van der Waals surface area contributed by atoms with E-state index in [1.807, 2.05) is 67.6 Å². The fraction of sp³-hybridized carbons (Fsp3) is 0.528. The zero-order valence-electron chi connectivity index (χ0n) is 27.2. The van der Waals surface area contributed by atoms with Crippen molar-refractivity contribution in [1.29, 1.82) is 0 Å². The molecule has 2 aromatic carbocycles. The number of nitrogen functional groups attached to an aromatic ring is 1. The van der Waals surface area contributed by atoms with Gasteiger partial charge in [0, 0.05) is 27.8 Å². The lowest BCUT2D eigenvalue weighted by atomic mass is 9.70. The molecule has 236 valence electrons. The maximum Gasteiger partial charge on any atom is 0.316 e. The quantitative estimate of drug-likeness (QED) is 0.136. The van der Waals surface area contributed by atoms with Crippen LogP contribution in [0.4, 0.5) is 5.69 Å². The molecule has 3 saturated carbocycles. The van der Waals surface area contributed by atoms with Gasteiger partial charge in [-0.05, 0) is 79.5 Å². The van der Waals surface area contributed by atoms with Crippen LogP contribution in [-0.2, 0) is 19.7 Å². The number of H-pyrrole nitrogens is 1. The van der Waals surface area contributed by atoms with E-state index in [-0.39, 0.29) is 44.9 Å². The third-order valence-electron chi connectivity index (χ3n) is 12.1. The molecule has 44 heavy (non-hydrogen) atoms. The van der Waals surface area contributed by atoms with Gasteiger partial charge in [-0.1, -0.05) is 77.9 Å². The van der Waals surface area contributed by atoms with Crippen LogP contribution in [0.5, 0.6) is 0 Å². The van der Waals surface area contributed by atoms with Crippen LogP contribution in [0.2, 0.25) is 0 Å². The van der Waals surface area contributed by atoms with Crippen LogP contribution in [0.3, 0.4) is 0 Å². The van der Waals surface area contributed by atoms with Crippen molar-refractivity contribution in [3.05, 3.63) is 82.3 Å². The Morgan fingerprint density at radius 1 is 0.909 bits per heavy atom. The van der Waals surface area contributed by atoms with E-state index in [0.29, 0.717) is 12.5 Å². The smallest absolute Gasteiger partial charge is 0.316 e. The number of hydrogen-bond donors (Lipinski definition) is 3. The summed E-state index contributed by atoms with van der Waals surface area (Å²) in [5.41, 5.74) is 6.64. The number of fused-ring (bicyclic) bond motifs is 7. The summed E-state index contributed by atoms with van der Waals surface area (Å²) in [6, 6.07) is 19.5. The van der Waals surface area contributed by atoms with E-state index in [1.54, 1.807) is 11.6 Å². The fourth-order valence-electron chi connectivity index (χ4n) is 8.53. The molecule has 1 heterocycles. The number of rotatable bonds is 4. The van der Waals surface area contributed by atoms with Crippen LogP contribution in [-0.4, -0.2) is 28.1 Å². The van der Waals surface area contributed by atoms with Crippen molar-refractivity contribution in [3.8, 4) is 5.69 Å². The van der Waals surface area contributed by atoms with Gasteiger partial charge < -0.3 is 10.2 Å². The molecule has 1 unspecified atom stereocenters. The molecule has 8 heteroatoms. The second-order valence-electron chi connectivity index (χ2n) is 14.3. The Hall–Kier alpha value is -3.65. The Morgan fingerprint density at radius 3 is 2.00 bits per heavy atom. The number of nitrogens with zero attached hydrogens (tertiary/aromatic N) is 1. The summed E-state index contributed by atoms with van der Waals surface area (Å²) in [5, 5.41) is 3.41. The van der Waals surface area contributed by atoms with Crippen molar-refractivity contribution in [1.82, 2.24) is 9.78 Å². The van der Waals surface area contributed by atoms with Crippen molar-refractivity contribution < 1.29 is 14.3 Å². The molecule has 4 N–H and O–H groups in total. The minimum absolute atomic E-state index is 0.0679. The molecular formula is C36H48N4O4. The first kappa shape index (κ1) is 31.8. The number of hydrazine groups is 1. The fourth-order valence-corrected chi connectivity index (χ4v) is 8.53. The van der Waals surface area contributed by atoms with E-state index in [1.165, 1.54) is 12.1 Å². The minimum atomic E-state index is -0.506. The second kappa shape index (κ2) is 11.4. The number of aromatic amines is 1. The average Bonchev–Trinajstić information content (AvgIpc) is 3.65. The van der Waals surface area contributed by atoms with Crippen LogP contribution in [0, 0.1) is 28.1 Å². The topological polar surface area (TPSA) is 119 Å². The molecule has 8 nitrogen and oxygen atoms in total. The highest BCUT2D eigenvalue weighted by Crippen LogP contribution is 2.67. The molecule has 0 amide bonds. The number of ether oxygens (including phenoxy) is 1. The van der Waals surface area contributed by atoms with Gasteiger partial charge in [0.25, 0.3) is 5.56 Å². The number of anilines is 1. The molecule has 1 aromatic heterocycles. The van der Waals surface area contributed by atoms with Gasteiger partial charge in [0.1, 0.15) is 5.92 Å². The van der Waals surface area contributed by atoms with Crippen LogP contribution < -0.4 is 16.8 Å². The number of ketones is 1. The SMILES string of the molecule is CC1(C)[C@@H]2CC[C@@]1(C)c1[nH]n(-c3ccccc3)c(=O)c12.CCOC(=O)C1C(=O)[C@]2(C)CC[C@H]1C2(C)C.NNc1ccccc1. The predicted molar refractivity (Wildman–Crippen MR) is 173 cm³/mol. The third-order valence-corrected chi connectivity index (χ3v) is 12.1. The lowest BCUT2D eigenvalue weighted by Crippen LogP contribution is -2.36. The van der Waals surface area contributed by atoms with Crippen molar-refractivity contribution in [2.24, 2.45) is 33.9 Å². The van der Waals surface area contributed by atoms with Gasteiger partial charge in [-0.3, -0.25) is 25.3 Å². The van der Waals surface area contributed by atoms with Crippen molar-refractivity contribution in [3.63, 3.8) is 0 Å². The summed E-state index contributed by atoms with van der Waals surface area (Å²) < 4.78 is 6.75.